The van der Waals surface area contributed by atoms with Crippen molar-refractivity contribution in [2.75, 3.05) is 4.90 Å². The lowest BCUT2D eigenvalue weighted by Gasteiger charge is -2.26. The third kappa shape index (κ3) is 4.83. The van der Waals surface area contributed by atoms with Crippen molar-refractivity contribution < 1.29 is 4.42 Å². The zero-order valence-corrected chi connectivity index (χ0v) is 26.3. The fourth-order valence-corrected chi connectivity index (χ4v) is 7.03. The maximum atomic E-state index is 6.49. The number of rotatable bonds is 6. The molecule has 0 unspecified atom stereocenters. The Labute approximate surface area is 279 Å². The number of para-hydroxylation sites is 1. The van der Waals surface area contributed by atoms with Crippen molar-refractivity contribution in [2.45, 2.75) is 0 Å². The molecule has 0 fully saturated rings. The highest BCUT2D eigenvalue weighted by molar-refractivity contribution is 6.25. The van der Waals surface area contributed by atoms with E-state index in [-0.39, 0.29) is 0 Å². The van der Waals surface area contributed by atoms with Crippen molar-refractivity contribution in [1.29, 1.82) is 0 Å². The van der Waals surface area contributed by atoms with Crippen LogP contribution in [0, 0.1) is 0 Å². The van der Waals surface area contributed by atoms with Gasteiger partial charge in [-0.15, -0.1) is 0 Å². The molecule has 9 rings (SSSR count). The summed E-state index contributed by atoms with van der Waals surface area (Å²) >= 11 is 0. The second-order valence-corrected chi connectivity index (χ2v) is 12.1. The maximum absolute atomic E-state index is 6.49. The Morgan fingerprint density at radius 3 is 1.44 bits per heavy atom. The quantitative estimate of drug-likeness (QED) is 0.185. The van der Waals surface area contributed by atoms with E-state index in [0.29, 0.717) is 0 Å². The van der Waals surface area contributed by atoms with Crippen LogP contribution in [0.1, 0.15) is 0 Å². The van der Waals surface area contributed by atoms with Crippen molar-refractivity contribution in [3.63, 3.8) is 0 Å². The SMILES string of the molecule is c1ccc(-c2ccc(N(c3ccccc3)c3ccc(-c4cccc5ccc6oc7cccc(-c8ccccc8)c7c6c45)cc3)cc2)cc1. The Morgan fingerprint density at radius 1 is 0.292 bits per heavy atom. The summed E-state index contributed by atoms with van der Waals surface area (Å²) in [4.78, 5) is 2.32. The average Bonchev–Trinajstić information content (AvgIpc) is 3.56. The van der Waals surface area contributed by atoms with Crippen LogP contribution < -0.4 is 4.90 Å². The fourth-order valence-electron chi connectivity index (χ4n) is 7.03. The summed E-state index contributed by atoms with van der Waals surface area (Å²) in [6.45, 7) is 0. The van der Waals surface area contributed by atoms with Gasteiger partial charge in [0.1, 0.15) is 11.2 Å². The van der Waals surface area contributed by atoms with Crippen LogP contribution in [0.5, 0.6) is 0 Å². The lowest BCUT2D eigenvalue weighted by atomic mass is 9.92. The molecule has 0 saturated heterocycles. The third-order valence-electron chi connectivity index (χ3n) is 9.27. The number of fused-ring (bicyclic) bond motifs is 5. The van der Waals surface area contributed by atoms with Crippen molar-refractivity contribution in [3.05, 3.63) is 188 Å². The number of hydrogen-bond acceptors (Lipinski definition) is 2. The highest BCUT2D eigenvalue weighted by Gasteiger charge is 2.18. The van der Waals surface area contributed by atoms with E-state index in [0.717, 1.165) is 44.6 Å². The van der Waals surface area contributed by atoms with Crippen molar-refractivity contribution in [1.82, 2.24) is 0 Å². The number of anilines is 3. The summed E-state index contributed by atoms with van der Waals surface area (Å²) in [6, 6.07) is 66.7. The molecule has 0 atom stereocenters. The first-order valence-corrected chi connectivity index (χ1v) is 16.4. The molecule has 8 aromatic carbocycles. The molecule has 0 spiro atoms. The Hall–Kier alpha value is -6.38. The van der Waals surface area contributed by atoms with Gasteiger partial charge in [-0.1, -0.05) is 140 Å². The van der Waals surface area contributed by atoms with E-state index in [2.05, 4.69) is 193 Å². The molecule has 0 saturated carbocycles. The molecule has 226 valence electrons. The monoisotopic (exact) mass is 613 g/mol. The summed E-state index contributed by atoms with van der Waals surface area (Å²) in [5, 5.41) is 4.72. The first-order chi connectivity index (χ1) is 23.8. The van der Waals surface area contributed by atoms with Crippen LogP contribution in [0.15, 0.2) is 192 Å². The van der Waals surface area contributed by atoms with Crippen molar-refractivity contribution in [3.8, 4) is 33.4 Å². The standard InChI is InChI=1S/C46H31NO/c1-4-12-32(13-5-1)33-22-27-38(28-23-33)47(37-17-8-3-9-18-37)39-29-24-35(25-30-39)40-19-10-16-36-26-31-43-46(44(36)40)45-41(20-11-21-42(45)48-43)34-14-6-2-7-15-34/h1-31H. The molecule has 0 bridgehead atoms. The van der Waals surface area contributed by atoms with Gasteiger partial charge in [0, 0.05) is 33.2 Å². The molecule has 0 aliphatic rings. The van der Waals surface area contributed by atoms with Gasteiger partial charge >= 0.3 is 0 Å². The normalized spacial score (nSPS) is 11.3. The van der Waals surface area contributed by atoms with Crippen LogP contribution in [0.2, 0.25) is 0 Å². The van der Waals surface area contributed by atoms with Gasteiger partial charge in [-0.3, -0.25) is 0 Å². The molecule has 0 aliphatic carbocycles. The predicted molar refractivity (Wildman–Crippen MR) is 202 cm³/mol. The van der Waals surface area contributed by atoms with Crippen molar-refractivity contribution in [2.24, 2.45) is 0 Å². The van der Waals surface area contributed by atoms with Crippen LogP contribution in [0.4, 0.5) is 17.1 Å². The van der Waals surface area contributed by atoms with Gasteiger partial charge < -0.3 is 9.32 Å². The number of furan rings is 1. The molecular weight excluding hydrogens is 583 g/mol. The average molecular weight is 614 g/mol. The topological polar surface area (TPSA) is 16.4 Å². The zero-order chi connectivity index (χ0) is 31.9. The first-order valence-electron chi connectivity index (χ1n) is 16.4. The largest absolute Gasteiger partial charge is 0.456 e. The lowest BCUT2D eigenvalue weighted by Crippen LogP contribution is -2.09. The Morgan fingerprint density at radius 2 is 0.771 bits per heavy atom. The minimum atomic E-state index is 0.902. The van der Waals surface area contributed by atoms with Gasteiger partial charge in [0.05, 0.1) is 0 Å². The highest BCUT2D eigenvalue weighted by atomic mass is 16.3. The summed E-state index contributed by atoms with van der Waals surface area (Å²) in [6.07, 6.45) is 0. The van der Waals surface area contributed by atoms with E-state index < -0.39 is 0 Å². The Bertz CT molecular complexity index is 2520. The highest BCUT2D eigenvalue weighted by Crippen LogP contribution is 2.44. The van der Waals surface area contributed by atoms with E-state index in [1.54, 1.807) is 0 Å². The smallest absolute Gasteiger partial charge is 0.136 e. The molecular formula is C46H31NO. The number of nitrogens with zero attached hydrogens (tertiary/aromatic N) is 1. The van der Waals surface area contributed by atoms with Gasteiger partial charge in [-0.2, -0.15) is 0 Å². The van der Waals surface area contributed by atoms with Crippen LogP contribution in [-0.2, 0) is 0 Å². The lowest BCUT2D eigenvalue weighted by molar-refractivity contribution is 0.669. The van der Waals surface area contributed by atoms with Crippen LogP contribution in [0.25, 0.3) is 66.1 Å². The fraction of sp³-hybridized carbons (Fsp3) is 0. The summed E-state index contributed by atoms with van der Waals surface area (Å²) < 4.78 is 6.49. The van der Waals surface area contributed by atoms with E-state index in [9.17, 15) is 0 Å². The van der Waals surface area contributed by atoms with Crippen molar-refractivity contribution >= 4 is 49.8 Å². The third-order valence-corrected chi connectivity index (χ3v) is 9.27. The van der Waals surface area contributed by atoms with Crippen LogP contribution in [-0.4, -0.2) is 0 Å². The zero-order valence-electron chi connectivity index (χ0n) is 26.3. The summed E-state index contributed by atoms with van der Waals surface area (Å²) in [7, 11) is 0. The number of hydrogen-bond donors (Lipinski definition) is 0. The van der Waals surface area contributed by atoms with E-state index in [1.165, 1.54) is 38.6 Å². The molecule has 2 nitrogen and oxygen atoms in total. The molecule has 0 radical (unpaired) electrons. The van der Waals surface area contributed by atoms with Gasteiger partial charge in [0.15, 0.2) is 0 Å². The molecule has 0 N–H and O–H groups in total. The molecule has 48 heavy (non-hydrogen) atoms. The minimum absolute atomic E-state index is 0.902. The van der Waals surface area contributed by atoms with Gasteiger partial charge in [-0.25, -0.2) is 0 Å². The van der Waals surface area contributed by atoms with E-state index in [1.807, 2.05) is 0 Å². The molecule has 0 amide bonds. The van der Waals surface area contributed by atoms with Crippen LogP contribution in [0.3, 0.4) is 0 Å². The number of benzene rings is 8. The van der Waals surface area contributed by atoms with Gasteiger partial charge in [0.2, 0.25) is 0 Å². The maximum Gasteiger partial charge on any atom is 0.136 e. The molecule has 2 heteroatoms. The predicted octanol–water partition coefficient (Wildman–Crippen LogP) is 13.2. The van der Waals surface area contributed by atoms with Gasteiger partial charge in [0.25, 0.3) is 0 Å². The summed E-state index contributed by atoms with van der Waals surface area (Å²) in [5.41, 5.74) is 12.3. The molecule has 1 heterocycles. The first kappa shape index (κ1) is 27.9. The second kappa shape index (κ2) is 11.8. The van der Waals surface area contributed by atoms with Crippen LogP contribution >= 0.6 is 0 Å². The van der Waals surface area contributed by atoms with E-state index in [4.69, 9.17) is 4.42 Å². The molecule has 9 aromatic rings. The minimum Gasteiger partial charge on any atom is -0.456 e. The molecule has 1 aromatic heterocycles. The van der Waals surface area contributed by atoms with Gasteiger partial charge in [-0.05, 0) is 87.3 Å². The Kier molecular flexibility index (Phi) is 6.84. The Balaban J connectivity index is 1.18. The van der Waals surface area contributed by atoms with E-state index >= 15 is 0 Å². The molecule has 0 aliphatic heterocycles. The second-order valence-electron chi connectivity index (χ2n) is 12.1. The summed E-state index contributed by atoms with van der Waals surface area (Å²) in [5.74, 6) is 0.